The Bertz CT molecular complexity index is 359. The van der Waals surface area contributed by atoms with Gasteiger partial charge in [0.05, 0.1) is 5.54 Å². The first-order valence-electron chi connectivity index (χ1n) is 5.06. The van der Waals surface area contributed by atoms with E-state index < -0.39 is 26.8 Å². The zero-order valence-electron chi connectivity index (χ0n) is 9.86. The molecule has 6 heteroatoms. The van der Waals surface area contributed by atoms with Crippen molar-refractivity contribution >= 4 is 16.0 Å². The van der Waals surface area contributed by atoms with E-state index in [1.165, 1.54) is 0 Å². The Labute approximate surface area is 96.7 Å². The molecule has 0 saturated heterocycles. The summed E-state index contributed by atoms with van der Waals surface area (Å²) in [5.41, 5.74) is -1.03. The van der Waals surface area contributed by atoms with Crippen molar-refractivity contribution in [2.75, 3.05) is 0 Å². The van der Waals surface area contributed by atoms with Crippen molar-refractivity contribution in [3.8, 4) is 0 Å². The van der Waals surface area contributed by atoms with Crippen molar-refractivity contribution in [1.82, 2.24) is 5.32 Å². The minimum absolute atomic E-state index is 0.281. The largest absolute Gasteiger partial charge is 0.346 e. The molecule has 1 amide bonds. The smallest absolute Gasteiger partial charge is 0.270 e. The number of rotatable bonds is 6. The van der Waals surface area contributed by atoms with Crippen LogP contribution in [0.1, 0.15) is 33.6 Å². The maximum Gasteiger partial charge on any atom is 0.270 e. The Morgan fingerprint density at radius 2 is 2.06 bits per heavy atom. The van der Waals surface area contributed by atoms with Gasteiger partial charge in [-0.25, -0.2) is 0 Å². The molecule has 0 fully saturated rings. The monoisotopic (exact) mass is 249 g/mol. The molecule has 0 aromatic carbocycles. The van der Waals surface area contributed by atoms with Gasteiger partial charge in [-0.05, 0) is 26.3 Å². The number of nitrogens with one attached hydrogen (secondary N) is 1. The van der Waals surface area contributed by atoms with Crippen molar-refractivity contribution in [2.24, 2.45) is 0 Å². The normalized spacial score (nSPS) is 14.2. The quantitative estimate of drug-likeness (QED) is 0.546. The van der Waals surface area contributed by atoms with Crippen LogP contribution in [0.4, 0.5) is 0 Å². The summed E-state index contributed by atoms with van der Waals surface area (Å²) >= 11 is 0. The van der Waals surface area contributed by atoms with Crippen LogP contribution in [0, 0.1) is 0 Å². The van der Waals surface area contributed by atoms with Gasteiger partial charge in [0.25, 0.3) is 10.1 Å². The molecule has 0 rings (SSSR count). The standard InChI is InChI=1S/C10H19NO4S/c1-5-7-8(16(13,14)15)10(3,4)11-9(12)6-2/h6,8H,2,5,7H2,1,3-4H3,(H,11,12)(H,13,14,15). The maximum absolute atomic E-state index is 11.2. The molecule has 1 atom stereocenters. The third kappa shape index (κ3) is 4.32. The van der Waals surface area contributed by atoms with E-state index >= 15 is 0 Å². The predicted octanol–water partition coefficient (Wildman–Crippen LogP) is 1.12. The van der Waals surface area contributed by atoms with E-state index in [4.69, 9.17) is 4.55 Å². The molecular formula is C10H19NO4S. The van der Waals surface area contributed by atoms with Gasteiger partial charge in [0.2, 0.25) is 5.91 Å². The topological polar surface area (TPSA) is 83.5 Å². The lowest BCUT2D eigenvalue weighted by molar-refractivity contribution is -0.118. The fraction of sp³-hybridized carbons (Fsp3) is 0.700. The van der Waals surface area contributed by atoms with Crippen LogP contribution in [0.3, 0.4) is 0 Å². The summed E-state index contributed by atoms with van der Waals surface area (Å²) in [7, 11) is -4.19. The zero-order chi connectivity index (χ0) is 13.0. The van der Waals surface area contributed by atoms with Crippen molar-refractivity contribution in [2.45, 2.75) is 44.4 Å². The molecule has 0 aliphatic rings. The average molecular weight is 249 g/mol. The minimum Gasteiger partial charge on any atom is -0.346 e. The van der Waals surface area contributed by atoms with Gasteiger partial charge in [-0.15, -0.1) is 0 Å². The minimum atomic E-state index is -4.19. The van der Waals surface area contributed by atoms with Gasteiger partial charge < -0.3 is 5.32 Å². The molecule has 16 heavy (non-hydrogen) atoms. The zero-order valence-corrected chi connectivity index (χ0v) is 10.7. The number of hydrogen-bond donors (Lipinski definition) is 2. The van der Waals surface area contributed by atoms with Gasteiger partial charge in [0.1, 0.15) is 5.25 Å². The van der Waals surface area contributed by atoms with Crippen molar-refractivity contribution < 1.29 is 17.8 Å². The molecular weight excluding hydrogens is 230 g/mol. The molecule has 0 heterocycles. The van der Waals surface area contributed by atoms with Crippen LogP contribution in [0.2, 0.25) is 0 Å². The highest BCUT2D eigenvalue weighted by atomic mass is 32.2. The van der Waals surface area contributed by atoms with E-state index in [9.17, 15) is 13.2 Å². The Morgan fingerprint density at radius 3 is 2.38 bits per heavy atom. The number of carbonyl (C=O) groups excluding carboxylic acids is 1. The highest BCUT2D eigenvalue weighted by molar-refractivity contribution is 7.86. The van der Waals surface area contributed by atoms with Crippen LogP contribution in [-0.2, 0) is 14.9 Å². The van der Waals surface area contributed by atoms with Crippen LogP contribution in [-0.4, -0.2) is 29.7 Å². The maximum atomic E-state index is 11.2. The van der Waals surface area contributed by atoms with E-state index in [1.54, 1.807) is 13.8 Å². The highest BCUT2D eigenvalue weighted by Gasteiger charge is 2.38. The predicted molar refractivity (Wildman–Crippen MR) is 62.7 cm³/mol. The van der Waals surface area contributed by atoms with Crippen LogP contribution >= 0.6 is 0 Å². The second kappa shape index (κ2) is 5.45. The molecule has 1 unspecified atom stereocenters. The Balaban J connectivity index is 5.04. The molecule has 0 saturated carbocycles. The fourth-order valence-corrected chi connectivity index (χ4v) is 2.93. The van der Waals surface area contributed by atoms with Crippen LogP contribution < -0.4 is 5.32 Å². The SMILES string of the molecule is C=CC(=O)NC(C)(C)C(CCC)S(=O)(=O)O. The van der Waals surface area contributed by atoms with Crippen molar-refractivity contribution in [3.05, 3.63) is 12.7 Å². The van der Waals surface area contributed by atoms with E-state index in [0.717, 1.165) is 6.08 Å². The Kier molecular flexibility index (Phi) is 5.15. The van der Waals surface area contributed by atoms with Gasteiger partial charge in [-0.1, -0.05) is 19.9 Å². The molecule has 2 N–H and O–H groups in total. The summed E-state index contributed by atoms with van der Waals surface area (Å²) in [6.45, 7) is 8.21. The van der Waals surface area contributed by atoms with Gasteiger partial charge in [0.15, 0.2) is 0 Å². The second-order valence-corrected chi connectivity index (χ2v) is 5.81. The molecule has 5 nitrogen and oxygen atoms in total. The van der Waals surface area contributed by atoms with Gasteiger partial charge >= 0.3 is 0 Å². The van der Waals surface area contributed by atoms with E-state index in [2.05, 4.69) is 11.9 Å². The third-order valence-corrected chi connectivity index (χ3v) is 3.89. The average Bonchev–Trinajstić information content (AvgIpc) is 2.11. The summed E-state index contributed by atoms with van der Waals surface area (Å²) in [6.07, 6.45) is 1.94. The lowest BCUT2D eigenvalue weighted by Crippen LogP contribution is -2.54. The summed E-state index contributed by atoms with van der Waals surface area (Å²) in [5, 5.41) is 1.48. The number of amides is 1. The van der Waals surface area contributed by atoms with Crippen LogP contribution in [0.5, 0.6) is 0 Å². The highest BCUT2D eigenvalue weighted by Crippen LogP contribution is 2.21. The Hall–Kier alpha value is -0.880. The first-order chi connectivity index (χ1) is 7.15. The molecule has 0 radical (unpaired) electrons. The van der Waals surface area contributed by atoms with Gasteiger partial charge in [-0.2, -0.15) is 8.42 Å². The molecule has 94 valence electrons. The third-order valence-electron chi connectivity index (χ3n) is 2.35. The molecule has 0 bridgehead atoms. The summed E-state index contributed by atoms with van der Waals surface area (Å²) < 4.78 is 31.6. The molecule has 0 spiro atoms. The van der Waals surface area contributed by atoms with E-state index in [1.807, 2.05) is 6.92 Å². The molecule has 0 aliphatic heterocycles. The fourth-order valence-electron chi connectivity index (χ4n) is 1.59. The van der Waals surface area contributed by atoms with Crippen molar-refractivity contribution in [3.63, 3.8) is 0 Å². The first-order valence-corrected chi connectivity index (χ1v) is 6.56. The lowest BCUT2D eigenvalue weighted by atomic mass is 9.96. The van der Waals surface area contributed by atoms with E-state index in [-0.39, 0.29) is 6.42 Å². The summed E-state index contributed by atoms with van der Waals surface area (Å²) in [6, 6.07) is 0. The molecule has 0 aromatic heterocycles. The second-order valence-electron chi connectivity index (χ2n) is 4.21. The Morgan fingerprint density at radius 1 is 1.56 bits per heavy atom. The number of hydrogen-bond acceptors (Lipinski definition) is 3. The van der Waals surface area contributed by atoms with Gasteiger partial charge in [-0.3, -0.25) is 9.35 Å². The lowest BCUT2D eigenvalue weighted by Gasteiger charge is -2.32. The molecule has 0 aromatic rings. The van der Waals surface area contributed by atoms with Crippen molar-refractivity contribution in [1.29, 1.82) is 0 Å². The first kappa shape index (κ1) is 15.1. The molecule has 0 aliphatic carbocycles. The summed E-state index contributed by atoms with van der Waals surface area (Å²) in [5.74, 6) is -0.463. The van der Waals surface area contributed by atoms with Crippen LogP contribution in [0.25, 0.3) is 0 Å². The number of carbonyl (C=O) groups is 1. The summed E-state index contributed by atoms with van der Waals surface area (Å²) in [4.78, 5) is 11.2. The van der Waals surface area contributed by atoms with Crippen LogP contribution in [0.15, 0.2) is 12.7 Å². The van der Waals surface area contributed by atoms with E-state index in [0.29, 0.717) is 6.42 Å². The van der Waals surface area contributed by atoms with Gasteiger partial charge in [0, 0.05) is 0 Å².